The highest BCUT2D eigenvalue weighted by atomic mass is 32.2. The molecule has 16 nitrogen and oxygen atoms in total. The maximum atomic E-state index is 13.8. The van der Waals surface area contributed by atoms with Gasteiger partial charge in [-0.2, -0.15) is 22.6 Å². The van der Waals surface area contributed by atoms with Gasteiger partial charge in [-0.1, -0.05) is 6.07 Å². The van der Waals surface area contributed by atoms with Crippen molar-refractivity contribution in [3.63, 3.8) is 0 Å². The minimum atomic E-state index is -4.68. The third-order valence-electron chi connectivity index (χ3n) is 12.3. The van der Waals surface area contributed by atoms with Crippen molar-refractivity contribution < 1.29 is 31.2 Å². The largest absolute Gasteiger partial charge is 0.419 e. The molecule has 324 valence electrons. The summed E-state index contributed by atoms with van der Waals surface area (Å²) in [6.07, 6.45) is 2.46. The van der Waals surface area contributed by atoms with Crippen molar-refractivity contribution in [1.82, 2.24) is 43.4 Å². The number of benzene rings is 2. The zero-order chi connectivity index (χ0) is 43.4. The Labute approximate surface area is 350 Å². The van der Waals surface area contributed by atoms with Crippen LogP contribution in [0.15, 0.2) is 64.7 Å². The molecule has 2 N–H and O–H groups in total. The van der Waals surface area contributed by atoms with Crippen molar-refractivity contribution in [2.45, 2.75) is 68.6 Å². The van der Waals surface area contributed by atoms with Gasteiger partial charge in [-0.15, -0.1) is 0 Å². The average molecular weight is 864 g/mol. The number of rotatable bonds is 10. The highest BCUT2D eigenvalue weighted by Crippen LogP contribution is 2.37. The van der Waals surface area contributed by atoms with E-state index in [9.17, 15) is 36.0 Å². The lowest BCUT2D eigenvalue weighted by Crippen LogP contribution is -2.46. The summed E-state index contributed by atoms with van der Waals surface area (Å²) in [5.74, 6) is -0.548. The molecule has 3 saturated heterocycles. The molecule has 20 heteroatoms. The number of anilines is 3. The zero-order valence-electron chi connectivity index (χ0n) is 34.3. The van der Waals surface area contributed by atoms with E-state index >= 15 is 0 Å². The van der Waals surface area contributed by atoms with Crippen LogP contribution in [0.5, 0.6) is 0 Å². The number of nitrogens with one attached hydrogen (secondary N) is 2. The Morgan fingerprint density at radius 2 is 1.70 bits per heavy atom. The van der Waals surface area contributed by atoms with Crippen LogP contribution in [0.25, 0.3) is 22.3 Å². The van der Waals surface area contributed by atoms with E-state index in [0.29, 0.717) is 54.7 Å². The van der Waals surface area contributed by atoms with Crippen LogP contribution in [0.1, 0.15) is 55.7 Å². The van der Waals surface area contributed by atoms with Crippen LogP contribution < -0.4 is 21.2 Å². The number of aromatic nitrogens is 6. The summed E-state index contributed by atoms with van der Waals surface area (Å²) in [5, 5.41) is 9.28. The number of nitrogens with zero attached hydrogens (tertiary/aromatic N) is 9. The molecular weight excluding hydrogens is 816 g/mol. The van der Waals surface area contributed by atoms with Crippen LogP contribution in [-0.2, 0) is 39.9 Å². The summed E-state index contributed by atoms with van der Waals surface area (Å²) in [5.41, 5.74) is 1.94. The summed E-state index contributed by atoms with van der Waals surface area (Å²) in [4.78, 5) is 50.8. The van der Waals surface area contributed by atoms with E-state index in [-0.39, 0.29) is 46.5 Å². The van der Waals surface area contributed by atoms with Crippen LogP contribution >= 0.6 is 0 Å². The van der Waals surface area contributed by atoms with Gasteiger partial charge in [-0.3, -0.25) is 28.7 Å². The summed E-state index contributed by atoms with van der Waals surface area (Å²) in [6.45, 7) is 4.88. The normalized spacial score (nSPS) is 19.0. The first-order chi connectivity index (χ1) is 29.0. The molecule has 3 aliphatic rings. The minimum absolute atomic E-state index is 0.0758. The lowest BCUT2D eigenvalue weighted by Gasteiger charge is -2.40. The van der Waals surface area contributed by atoms with Crippen LogP contribution in [0.4, 0.5) is 30.5 Å². The number of carbonyl (C=O) groups excluding carboxylic acids is 2. The summed E-state index contributed by atoms with van der Waals surface area (Å²) in [7, 11) is 1.63. The average Bonchev–Trinajstić information content (AvgIpc) is 3.78. The number of piperidine rings is 3. The Kier molecular flexibility index (Phi) is 11.3. The molecule has 61 heavy (non-hydrogen) atoms. The first kappa shape index (κ1) is 42.1. The van der Waals surface area contributed by atoms with E-state index in [0.717, 1.165) is 49.9 Å². The van der Waals surface area contributed by atoms with Gasteiger partial charge in [-0.05, 0) is 87.9 Å². The fourth-order valence-corrected chi connectivity index (χ4v) is 10.5. The van der Waals surface area contributed by atoms with E-state index in [1.54, 1.807) is 37.7 Å². The van der Waals surface area contributed by atoms with E-state index in [1.165, 1.54) is 32.0 Å². The van der Waals surface area contributed by atoms with Crippen molar-refractivity contribution in [2.75, 3.05) is 50.0 Å². The van der Waals surface area contributed by atoms with Crippen molar-refractivity contribution >= 4 is 50.2 Å². The Hall–Kier alpha value is -5.60. The molecule has 2 amide bonds. The fourth-order valence-electron chi connectivity index (χ4n) is 8.96. The van der Waals surface area contributed by atoms with Gasteiger partial charge in [0.25, 0.3) is 0 Å². The van der Waals surface area contributed by atoms with Gasteiger partial charge in [0.2, 0.25) is 27.8 Å². The first-order valence-electron chi connectivity index (χ1n) is 20.3. The number of sulfonamides is 1. The third-order valence-corrected chi connectivity index (χ3v) is 14.2. The van der Waals surface area contributed by atoms with Gasteiger partial charge in [0, 0.05) is 82.9 Å². The second kappa shape index (κ2) is 16.4. The number of alkyl halides is 3. The molecule has 3 fully saturated rings. The number of hydrogen-bond acceptors (Lipinski definition) is 11. The van der Waals surface area contributed by atoms with Gasteiger partial charge < -0.3 is 15.1 Å². The lowest BCUT2D eigenvalue weighted by atomic mass is 9.95. The Morgan fingerprint density at radius 3 is 2.36 bits per heavy atom. The second-order valence-corrected chi connectivity index (χ2v) is 18.2. The van der Waals surface area contributed by atoms with Crippen molar-refractivity contribution in [3.05, 3.63) is 76.6 Å². The van der Waals surface area contributed by atoms with Crippen LogP contribution in [0, 0.1) is 12.8 Å². The van der Waals surface area contributed by atoms with Crippen LogP contribution in [-0.4, -0.2) is 104 Å². The molecule has 0 radical (unpaired) electrons. The molecule has 0 saturated carbocycles. The molecule has 3 aliphatic heterocycles. The van der Waals surface area contributed by atoms with Crippen LogP contribution in [0.2, 0.25) is 0 Å². The maximum Gasteiger partial charge on any atom is 0.419 e. The standard InChI is InChI=1S/C41H48F3N11O5S/c1-25-20-29(8-9-31(25)47-39-45-22-30(41(42,43)44)36(49-39)27-21-46-51(3)24-27)61(59,60)54-18-12-26(13-19-54)23-50(2)28-14-16-53(17-15-28)32-6-5-7-33-37(32)52(4)40(58)55(33)34-10-11-35(56)48-38(34)57/h5-9,20-22,24,26,28,34H,10-19,23H2,1-4H3,(H,45,47,49)(H,48,56,57). The van der Waals surface area contributed by atoms with E-state index in [2.05, 4.69) is 42.5 Å². The number of halogens is 3. The second-order valence-electron chi connectivity index (χ2n) is 16.3. The monoisotopic (exact) mass is 863 g/mol. The smallest absolute Gasteiger partial charge is 0.370 e. The van der Waals surface area contributed by atoms with E-state index < -0.39 is 33.7 Å². The number of aryl methyl sites for hydroxylation is 3. The quantitative estimate of drug-likeness (QED) is 0.188. The summed E-state index contributed by atoms with van der Waals surface area (Å²) in [6, 6.07) is 9.94. The molecule has 0 spiro atoms. The molecule has 6 heterocycles. The Balaban J connectivity index is 0.861. The predicted octanol–water partition coefficient (Wildman–Crippen LogP) is 4.58. The number of carbonyl (C=O) groups is 2. The number of imide groups is 1. The number of fused-ring (bicyclic) bond motifs is 1. The number of imidazole rings is 1. The number of amides is 2. The number of para-hydroxylation sites is 1. The molecule has 3 aromatic heterocycles. The highest BCUT2D eigenvalue weighted by molar-refractivity contribution is 7.89. The number of hydrogen-bond donors (Lipinski definition) is 2. The minimum Gasteiger partial charge on any atom is -0.370 e. The summed E-state index contributed by atoms with van der Waals surface area (Å²) >= 11 is 0. The van der Waals surface area contributed by atoms with E-state index in [4.69, 9.17) is 0 Å². The van der Waals surface area contributed by atoms with Crippen LogP contribution in [0.3, 0.4) is 0 Å². The fraction of sp³-hybridized carbons (Fsp3) is 0.463. The zero-order valence-corrected chi connectivity index (χ0v) is 35.1. The maximum absolute atomic E-state index is 13.8. The predicted molar refractivity (Wildman–Crippen MR) is 222 cm³/mol. The van der Waals surface area contributed by atoms with Crippen molar-refractivity contribution in [1.29, 1.82) is 0 Å². The third kappa shape index (κ3) is 8.27. The van der Waals surface area contributed by atoms with Gasteiger partial charge in [0.05, 0.1) is 33.5 Å². The lowest BCUT2D eigenvalue weighted by molar-refractivity contribution is -0.138. The van der Waals surface area contributed by atoms with E-state index in [1.807, 2.05) is 18.2 Å². The molecule has 8 rings (SSSR count). The van der Waals surface area contributed by atoms with Gasteiger partial charge in [-0.25, -0.2) is 23.2 Å². The molecule has 2 aromatic carbocycles. The van der Waals surface area contributed by atoms with Gasteiger partial charge >= 0.3 is 11.9 Å². The Bertz CT molecular complexity index is 2660. The topological polar surface area (TPSA) is 173 Å². The highest BCUT2D eigenvalue weighted by Gasteiger charge is 2.37. The molecule has 0 bridgehead atoms. The first-order valence-corrected chi connectivity index (χ1v) is 21.7. The molecule has 5 aromatic rings. The molecular formula is C41H48F3N11O5S. The van der Waals surface area contributed by atoms with Crippen molar-refractivity contribution in [2.24, 2.45) is 20.0 Å². The molecule has 1 unspecified atom stereocenters. The molecule has 0 aliphatic carbocycles. The van der Waals surface area contributed by atoms with Gasteiger partial charge in [0.1, 0.15) is 11.6 Å². The molecule has 1 atom stereocenters. The SMILES string of the molecule is Cc1cc(S(=O)(=O)N2CCC(CN(C)C3CCN(c4cccc5c4n(C)c(=O)n5C4CCC(=O)NC4=O)CC3)CC2)ccc1Nc1ncc(C(F)(F)F)c(-c2cnn(C)c2)n1. The Morgan fingerprint density at radius 1 is 0.967 bits per heavy atom. The summed E-state index contributed by atoms with van der Waals surface area (Å²) < 4.78 is 75.0. The van der Waals surface area contributed by atoms with Crippen molar-refractivity contribution in [3.8, 4) is 11.3 Å². The van der Waals surface area contributed by atoms with Gasteiger partial charge in [0.15, 0.2) is 0 Å².